The van der Waals surface area contributed by atoms with E-state index in [1.54, 1.807) is 30.3 Å². The van der Waals surface area contributed by atoms with Crippen molar-refractivity contribution in [1.29, 1.82) is 0 Å². The maximum atomic E-state index is 14.5. The van der Waals surface area contributed by atoms with Gasteiger partial charge in [-0.3, -0.25) is 4.79 Å². The van der Waals surface area contributed by atoms with E-state index in [9.17, 15) is 9.18 Å². The molecule has 3 N–H and O–H groups in total. The summed E-state index contributed by atoms with van der Waals surface area (Å²) in [5.74, 6) is -0.484. The minimum Gasteiger partial charge on any atom is -0.491 e. The van der Waals surface area contributed by atoms with E-state index >= 15 is 0 Å². The topological polar surface area (TPSA) is 77.2 Å². The number of carbonyl (C=O) groups excluding carboxylic acids is 1. The van der Waals surface area contributed by atoms with E-state index in [-0.39, 0.29) is 23.7 Å². The van der Waals surface area contributed by atoms with E-state index < -0.39 is 11.7 Å². The standard InChI is InChI=1S/C19H24FN3O2/c1-2-3-4-5-12-25-16-10-6-8-14(17(16)20)13-23-19(24)15-9-7-11-22-18(15)21/h6-11H,2-5,12-13H2,1H3,(H2,21,22)(H,23,24). The molecular formula is C19H24FN3O2. The maximum Gasteiger partial charge on any atom is 0.255 e. The molecule has 1 amide bonds. The predicted molar refractivity (Wildman–Crippen MR) is 95.9 cm³/mol. The Morgan fingerprint density at radius 2 is 2.08 bits per heavy atom. The maximum absolute atomic E-state index is 14.5. The predicted octanol–water partition coefficient (Wildman–Crippen LogP) is 3.69. The molecule has 1 heterocycles. The molecular weight excluding hydrogens is 321 g/mol. The zero-order chi connectivity index (χ0) is 18.1. The summed E-state index contributed by atoms with van der Waals surface area (Å²) in [6.07, 6.45) is 5.77. The summed E-state index contributed by atoms with van der Waals surface area (Å²) in [5.41, 5.74) is 6.30. The summed E-state index contributed by atoms with van der Waals surface area (Å²) in [7, 11) is 0. The van der Waals surface area contributed by atoms with E-state index in [4.69, 9.17) is 10.5 Å². The van der Waals surface area contributed by atoms with E-state index in [2.05, 4.69) is 17.2 Å². The lowest BCUT2D eigenvalue weighted by atomic mass is 10.1. The van der Waals surface area contributed by atoms with Crippen molar-refractivity contribution in [3.8, 4) is 5.75 Å². The average Bonchev–Trinajstić information content (AvgIpc) is 2.62. The SMILES string of the molecule is CCCCCCOc1cccc(CNC(=O)c2cccnc2N)c1F. The van der Waals surface area contributed by atoms with Gasteiger partial charge in [-0.25, -0.2) is 9.37 Å². The van der Waals surface area contributed by atoms with Crippen molar-refractivity contribution in [2.75, 3.05) is 12.3 Å². The van der Waals surface area contributed by atoms with Crippen LogP contribution in [0.15, 0.2) is 36.5 Å². The van der Waals surface area contributed by atoms with Crippen molar-refractivity contribution in [1.82, 2.24) is 10.3 Å². The summed E-state index contributed by atoms with van der Waals surface area (Å²) in [5, 5.41) is 2.65. The van der Waals surface area contributed by atoms with E-state index in [0.29, 0.717) is 12.2 Å². The number of halogens is 1. The number of rotatable bonds is 9. The lowest BCUT2D eigenvalue weighted by Gasteiger charge is -2.11. The zero-order valence-electron chi connectivity index (χ0n) is 14.4. The molecule has 0 aliphatic heterocycles. The number of carbonyl (C=O) groups is 1. The Hall–Kier alpha value is -2.63. The molecule has 1 aromatic heterocycles. The van der Waals surface area contributed by atoms with Gasteiger partial charge >= 0.3 is 0 Å². The Morgan fingerprint density at radius 3 is 2.84 bits per heavy atom. The van der Waals surface area contributed by atoms with E-state index in [1.165, 1.54) is 6.20 Å². The number of benzene rings is 1. The number of nitrogens with two attached hydrogens (primary N) is 1. The third-order valence-electron chi connectivity index (χ3n) is 3.82. The summed E-state index contributed by atoms with van der Waals surface area (Å²) in [4.78, 5) is 16.0. The number of nitrogen functional groups attached to an aromatic ring is 1. The third kappa shape index (κ3) is 5.45. The molecule has 0 bridgehead atoms. The minimum absolute atomic E-state index is 0.0477. The fraction of sp³-hybridized carbons (Fsp3) is 0.368. The van der Waals surface area contributed by atoms with Gasteiger partial charge in [0.25, 0.3) is 5.91 Å². The van der Waals surface area contributed by atoms with E-state index in [1.807, 2.05) is 0 Å². The van der Waals surface area contributed by atoms with Gasteiger partial charge in [0.05, 0.1) is 12.2 Å². The number of nitrogens with zero attached hydrogens (tertiary/aromatic N) is 1. The Kier molecular flexibility index (Phi) is 7.19. The van der Waals surface area contributed by atoms with Crippen molar-refractivity contribution in [2.24, 2.45) is 0 Å². The smallest absolute Gasteiger partial charge is 0.255 e. The lowest BCUT2D eigenvalue weighted by molar-refractivity contribution is 0.0951. The highest BCUT2D eigenvalue weighted by molar-refractivity contribution is 5.98. The van der Waals surface area contributed by atoms with Gasteiger partial charge in [0.15, 0.2) is 11.6 Å². The number of hydrogen-bond donors (Lipinski definition) is 2. The Balaban J connectivity index is 1.93. The van der Waals surface area contributed by atoms with Gasteiger partial charge in [-0.05, 0) is 24.6 Å². The molecule has 0 radical (unpaired) electrons. The van der Waals surface area contributed by atoms with Crippen LogP contribution in [0.4, 0.5) is 10.2 Å². The second-order valence-corrected chi connectivity index (χ2v) is 5.76. The number of hydrogen-bond acceptors (Lipinski definition) is 4. The molecule has 2 aromatic rings. The molecule has 2 rings (SSSR count). The van der Waals surface area contributed by atoms with Crippen LogP contribution in [0.1, 0.15) is 48.5 Å². The summed E-state index contributed by atoms with van der Waals surface area (Å²) >= 11 is 0. The van der Waals surface area contributed by atoms with Gasteiger partial charge in [-0.1, -0.05) is 38.3 Å². The van der Waals surface area contributed by atoms with Crippen LogP contribution < -0.4 is 15.8 Å². The second-order valence-electron chi connectivity index (χ2n) is 5.76. The highest BCUT2D eigenvalue weighted by Crippen LogP contribution is 2.21. The molecule has 0 spiro atoms. The molecule has 0 aliphatic carbocycles. The van der Waals surface area contributed by atoms with Crippen molar-refractivity contribution in [3.05, 3.63) is 53.5 Å². The van der Waals surface area contributed by atoms with Gasteiger partial charge in [0.2, 0.25) is 0 Å². The van der Waals surface area contributed by atoms with Crippen LogP contribution in [-0.2, 0) is 6.54 Å². The molecule has 0 fully saturated rings. The molecule has 25 heavy (non-hydrogen) atoms. The molecule has 0 saturated carbocycles. The van der Waals surface area contributed by atoms with E-state index in [0.717, 1.165) is 25.7 Å². The molecule has 0 unspecified atom stereocenters. The van der Waals surface area contributed by atoms with Gasteiger partial charge in [-0.15, -0.1) is 0 Å². The zero-order valence-corrected chi connectivity index (χ0v) is 14.4. The Labute approximate surface area is 147 Å². The van der Waals surface area contributed by atoms with Gasteiger partial charge < -0.3 is 15.8 Å². The van der Waals surface area contributed by atoms with Gasteiger partial charge in [0.1, 0.15) is 5.82 Å². The molecule has 6 heteroatoms. The number of pyridine rings is 1. The van der Waals surface area contributed by atoms with Crippen LogP contribution in [0.5, 0.6) is 5.75 Å². The first-order valence-electron chi connectivity index (χ1n) is 8.52. The van der Waals surface area contributed by atoms with Gasteiger partial charge in [0, 0.05) is 18.3 Å². The van der Waals surface area contributed by atoms with Crippen LogP contribution in [0.25, 0.3) is 0 Å². The van der Waals surface area contributed by atoms with Crippen molar-refractivity contribution >= 4 is 11.7 Å². The minimum atomic E-state index is -0.447. The molecule has 1 aromatic carbocycles. The average molecular weight is 345 g/mol. The molecule has 134 valence electrons. The summed E-state index contributed by atoms with van der Waals surface area (Å²) < 4.78 is 20.0. The first-order chi connectivity index (χ1) is 12.1. The monoisotopic (exact) mass is 345 g/mol. The molecule has 0 atom stereocenters. The number of anilines is 1. The highest BCUT2D eigenvalue weighted by atomic mass is 19.1. The van der Waals surface area contributed by atoms with Crippen LogP contribution >= 0.6 is 0 Å². The quantitative estimate of drug-likeness (QED) is 0.680. The summed E-state index contributed by atoms with van der Waals surface area (Å²) in [6, 6.07) is 8.12. The van der Waals surface area contributed by atoms with Crippen molar-refractivity contribution in [3.63, 3.8) is 0 Å². The number of ether oxygens (including phenoxy) is 1. The summed E-state index contributed by atoms with van der Waals surface area (Å²) in [6.45, 7) is 2.67. The number of unbranched alkanes of at least 4 members (excludes halogenated alkanes) is 3. The largest absolute Gasteiger partial charge is 0.491 e. The lowest BCUT2D eigenvalue weighted by Crippen LogP contribution is -2.24. The van der Waals surface area contributed by atoms with Crippen LogP contribution in [0.2, 0.25) is 0 Å². The fourth-order valence-corrected chi connectivity index (χ4v) is 2.40. The fourth-order valence-electron chi connectivity index (χ4n) is 2.40. The van der Waals surface area contributed by atoms with Crippen molar-refractivity contribution in [2.45, 2.75) is 39.2 Å². The van der Waals surface area contributed by atoms with Crippen molar-refractivity contribution < 1.29 is 13.9 Å². The van der Waals surface area contributed by atoms with Gasteiger partial charge in [-0.2, -0.15) is 0 Å². The highest BCUT2D eigenvalue weighted by Gasteiger charge is 2.13. The van der Waals surface area contributed by atoms with Crippen LogP contribution in [0, 0.1) is 5.82 Å². The first-order valence-corrected chi connectivity index (χ1v) is 8.52. The molecule has 5 nitrogen and oxygen atoms in total. The number of nitrogens with one attached hydrogen (secondary N) is 1. The first kappa shape index (κ1) is 18.7. The Morgan fingerprint density at radius 1 is 1.24 bits per heavy atom. The third-order valence-corrected chi connectivity index (χ3v) is 3.82. The molecule has 0 aliphatic rings. The second kappa shape index (κ2) is 9.61. The Bertz CT molecular complexity index is 707. The molecule has 0 saturated heterocycles. The normalized spacial score (nSPS) is 10.5. The van der Waals surface area contributed by atoms with Crippen LogP contribution in [0.3, 0.4) is 0 Å². The number of amides is 1. The number of aromatic nitrogens is 1. The van der Waals surface area contributed by atoms with Crippen LogP contribution in [-0.4, -0.2) is 17.5 Å².